The number of fused-ring (bicyclic) bond motifs is 7. The van der Waals surface area contributed by atoms with E-state index in [0.29, 0.717) is 0 Å². The van der Waals surface area contributed by atoms with E-state index in [1.165, 1.54) is 66.6 Å². The third kappa shape index (κ3) is 3.87. The molecule has 3 aliphatic rings. The van der Waals surface area contributed by atoms with Gasteiger partial charge in [0.2, 0.25) is 0 Å². The molecule has 0 radical (unpaired) electrons. The van der Waals surface area contributed by atoms with Gasteiger partial charge in [0.1, 0.15) is 0 Å². The van der Waals surface area contributed by atoms with Crippen molar-refractivity contribution in [2.75, 3.05) is 0 Å². The average Bonchev–Trinajstić information content (AvgIpc) is 3.66. The quantitative estimate of drug-likeness (QED) is 0.389. The van der Waals surface area contributed by atoms with Gasteiger partial charge in [-0.25, -0.2) is 9.98 Å². The first-order valence-corrected chi connectivity index (χ1v) is 15.0. The number of nitrogens with zero attached hydrogens (tertiary/aromatic N) is 2. The van der Waals surface area contributed by atoms with Crippen LogP contribution in [0.2, 0.25) is 0 Å². The van der Waals surface area contributed by atoms with Gasteiger partial charge in [-0.15, -0.1) is 0 Å². The van der Waals surface area contributed by atoms with Gasteiger partial charge in [-0.2, -0.15) is 0 Å². The molecule has 5 rings (SSSR count). The van der Waals surface area contributed by atoms with Crippen molar-refractivity contribution in [3.63, 3.8) is 0 Å². The lowest BCUT2D eigenvalue weighted by Crippen LogP contribution is -2.15. The van der Waals surface area contributed by atoms with Crippen molar-refractivity contribution in [1.29, 1.82) is 0 Å². The average molecular weight is 509 g/mol. The highest BCUT2D eigenvalue weighted by atomic mass is 14.9. The second-order valence-electron chi connectivity index (χ2n) is 10.5. The fourth-order valence-corrected chi connectivity index (χ4v) is 7.02. The minimum Gasteiger partial charge on any atom is -0.353 e. The Kier molecular flexibility index (Phi) is 7.35. The molecule has 0 saturated carbocycles. The zero-order chi connectivity index (χ0) is 27.1. The maximum atomic E-state index is 5.37. The van der Waals surface area contributed by atoms with Crippen LogP contribution in [0.3, 0.4) is 0 Å². The van der Waals surface area contributed by atoms with Gasteiger partial charge in [0.15, 0.2) is 0 Å². The maximum absolute atomic E-state index is 5.37. The van der Waals surface area contributed by atoms with E-state index in [0.717, 1.165) is 74.2 Å². The van der Waals surface area contributed by atoms with E-state index in [1.807, 2.05) is 0 Å². The molecular formula is C34H44N4. The monoisotopic (exact) mass is 508 g/mol. The molecule has 0 amide bonds. The standard InChI is InChI=1S/C34H44N4/c1-9-19-23(13-5)31-32-24(14-6)21(11-3)29(37-32)18-30-22(12-4)26(16-8)34(38-30)33-25(15-7)20(10-2)28(36-33)17-27(19)35-31/h17-18,35-36H,9-16H2,1-8H3. The van der Waals surface area contributed by atoms with Gasteiger partial charge < -0.3 is 9.97 Å². The summed E-state index contributed by atoms with van der Waals surface area (Å²) >= 11 is 0. The largest absolute Gasteiger partial charge is 0.353 e. The predicted molar refractivity (Wildman–Crippen MR) is 163 cm³/mol. The van der Waals surface area contributed by atoms with Crippen molar-refractivity contribution in [1.82, 2.24) is 9.97 Å². The maximum Gasteiger partial charge on any atom is 0.0910 e. The lowest BCUT2D eigenvalue weighted by Gasteiger charge is -2.08. The summed E-state index contributed by atoms with van der Waals surface area (Å²) in [7, 11) is 0. The summed E-state index contributed by atoms with van der Waals surface area (Å²) in [6.07, 6.45) is 12.5. The summed E-state index contributed by atoms with van der Waals surface area (Å²) < 4.78 is 0. The summed E-state index contributed by atoms with van der Waals surface area (Å²) in [6, 6.07) is 0. The first kappa shape index (κ1) is 26.5. The number of nitrogens with one attached hydrogen (secondary N) is 2. The number of hydrogen-bond acceptors (Lipinski definition) is 2. The highest BCUT2D eigenvalue weighted by Gasteiger charge is 2.29. The van der Waals surface area contributed by atoms with Gasteiger partial charge in [-0.05, 0) is 108 Å². The van der Waals surface area contributed by atoms with Crippen LogP contribution in [-0.2, 0) is 25.7 Å². The predicted octanol–water partition coefficient (Wildman–Crippen LogP) is 6.92. The van der Waals surface area contributed by atoms with Gasteiger partial charge in [-0.1, -0.05) is 55.4 Å². The molecule has 0 aliphatic carbocycles. The van der Waals surface area contributed by atoms with Gasteiger partial charge >= 0.3 is 0 Å². The molecule has 0 unspecified atom stereocenters. The molecule has 4 heteroatoms. The molecular weight excluding hydrogens is 464 g/mol. The summed E-state index contributed by atoms with van der Waals surface area (Å²) in [5.74, 6) is 0. The highest BCUT2D eigenvalue weighted by molar-refractivity contribution is 6.19. The van der Waals surface area contributed by atoms with Crippen LogP contribution in [0.5, 0.6) is 0 Å². The van der Waals surface area contributed by atoms with Crippen LogP contribution in [0.4, 0.5) is 0 Å². The Morgan fingerprint density at radius 3 is 1.76 bits per heavy atom. The normalized spacial score (nSPS) is 16.6. The van der Waals surface area contributed by atoms with Crippen molar-refractivity contribution in [2.24, 2.45) is 9.98 Å². The van der Waals surface area contributed by atoms with Crippen molar-refractivity contribution < 1.29 is 0 Å². The number of aromatic nitrogens is 2. The molecule has 2 aromatic rings. The van der Waals surface area contributed by atoms with E-state index in [1.54, 1.807) is 0 Å². The minimum atomic E-state index is 0.971. The molecule has 8 bridgehead atoms. The van der Waals surface area contributed by atoms with Crippen LogP contribution in [0.15, 0.2) is 44.1 Å². The van der Waals surface area contributed by atoms with Crippen molar-refractivity contribution >= 4 is 23.2 Å². The fraction of sp³-hybridized carbons (Fsp3) is 0.471. The lowest BCUT2D eigenvalue weighted by molar-refractivity contribution is 1.03. The smallest absolute Gasteiger partial charge is 0.0910 e. The van der Waals surface area contributed by atoms with E-state index < -0.39 is 0 Å². The van der Waals surface area contributed by atoms with E-state index in [9.17, 15) is 0 Å². The van der Waals surface area contributed by atoms with E-state index in [-0.39, 0.29) is 0 Å². The molecule has 38 heavy (non-hydrogen) atoms. The Balaban J connectivity index is 2.00. The van der Waals surface area contributed by atoms with Crippen LogP contribution in [-0.4, -0.2) is 21.4 Å². The molecule has 0 fully saturated rings. The van der Waals surface area contributed by atoms with Gasteiger partial charge in [0.05, 0.1) is 33.9 Å². The van der Waals surface area contributed by atoms with Gasteiger partial charge in [-0.3, -0.25) is 0 Å². The molecule has 3 aliphatic heterocycles. The summed E-state index contributed by atoms with van der Waals surface area (Å²) in [5.41, 5.74) is 18.0. The molecule has 2 aromatic heterocycles. The summed E-state index contributed by atoms with van der Waals surface area (Å²) in [6.45, 7) is 18.2. The summed E-state index contributed by atoms with van der Waals surface area (Å²) in [4.78, 5) is 18.5. The second-order valence-corrected chi connectivity index (χ2v) is 10.5. The van der Waals surface area contributed by atoms with Crippen LogP contribution >= 0.6 is 0 Å². The Labute approximate surface area is 228 Å². The molecule has 5 heterocycles. The lowest BCUT2D eigenvalue weighted by atomic mass is 9.94. The molecule has 0 saturated heterocycles. The van der Waals surface area contributed by atoms with Crippen molar-refractivity contribution in [3.05, 3.63) is 78.4 Å². The van der Waals surface area contributed by atoms with Crippen LogP contribution in [0.1, 0.15) is 115 Å². The zero-order valence-electron chi connectivity index (χ0n) is 24.7. The summed E-state index contributed by atoms with van der Waals surface area (Å²) in [5, 5.41) is 2.43. The minimum absolute atomic E-state index is 0.971. The number of allylic oxidation sites excluding steroid dienone is 4. The third-order valence-corrected chi connectivity index (χ3v) is 8.75. The molecule has 4 nitrogen and oxygen atoms in total. The number of aromatic amines is 2. The number of rotatable bonds is 8. The van der Waals surface area contributed by atoms with Crippen LogP contribution in [0, 0.1) is 0 Å². The zero-order valence-corrected chi connectivity index (χ0v) is 24.7. The first-order chi connectivity index (χ1) is 18.5. The van der Waals surface area contributed by atoms with Crippen LogP contribution in [0.25, 0.3) is 11.8 Å². The number of aliphatic imine (C=N–C) groups is 2. The van der Waals surface area contributed by atoms with E-state index in [4.69, 9.17) is 9.98 Å². The third-order valence-electron chi connectivity index (χ3n) is 8.75. The Morgan fingerprint density at radius 2 is 1.18 bits per heavy atom. The highest BCUT2D eigenvalue weighted by Crippen LogP contribution is 2.37. The molecule has 0 spiro atoms. The topological polar surface area (TPSA) is 56.3 Å². The SMILES string of the molecule is CCC1=C(CC)C2=NC1=CC1=NC(=c3[nH]c(c(CC)c3CC)=Cc3[nH]c2c(CC)c3CC)C(CC)=C1CC. The fourth-order valence-electron chi connectivity index (χ4n) is 7.02. The molecule has 0 aromatic carbocycles. The van der Waals surface area contributed by atoms with Crippen molar-refractivity contribution in [2.45, 2.75) is 107 Å². The van der Waals surface area contributed by atoms with E-state index in [2.05, 4.69) is 77.5 Å². The Morgan fingerprint density at radius 1 is 0.553 bits per heavy atom. The first-order valence-electron chi connectivity index (χ1n) is 15.0. The van der Waals surface area contributed by atoms with E-state index >= 15 is 0 Å². The number of H-pyrrole nitrogens is 2. The van der Waals surface area contributed by atoms with Crippen LogP contribution < -0.4 is 10.7 Å². The molecule has 0 atom stereocenters. The van der Waals surface area contributed by atoms with Gasteiger partial charge in [0.25, 0.3) is 0 Å². The molecule has 200 valence electrons. The Bertz CT molecular complexity index is 1570. The van der Waals surface area contributed by atoms with Crippen molar-refractivity contribution in [3.8, 4) is 0 Å². The number of hydrogen-bond donors (Lipinski definition) is 2. The molecule has 2 N–H and O–H groups in total. The second kappa shape index (κ2) is 10.6. The Hall–Kier alpha value is -3.14. The van der Waals surface area contributed by atoms with Gasteiger partial charge in [0, 0.05) is 11.0 Å².